The molecule has 2 aromatic rings. The SMILES string of the molecule is CC(C)c1ccc(O)c(CNC(C(=O)O)c2cccs2)c1. The zero-order chi connectivity index (χ0) is 15.4. The van der Waals surface area contributed by atoms with Crippen LogP contribution in [0.25, 0.3) is 0 Å². The number of phenolic OH excluding ortho intramolecular Hbond substituents is 1. The number of carbonyl (C=O) groups is 1. The molecule has 1 unspecified atom stereocenters. The summed E-state index contributed by atoms with van der Waals surface area (Å²) in [6.07, 6.45) is 0. The van der Waals surface area contributed by atoms with Crippen LogP contribution in [0.2, 0.25) is 0 Å². The topological polar surface area (TPSA) is 69.6 Å². The summed E-state index contributed by atoms with van der Waals surface area (Å²) in [6.45, 7) is 4.46. The molecule has 0 aliphatic carbocycles. The number of thiophene rings is 1. The summed E-state index contributed by atoms with van der Waals surface area (Å²) < 4.78 is 0. The van der Waals surface area contributed by atoms with Crippen LogP contribution >= 0.6 is 11.3 Å². The summed E-state index contributed by atoms with van der Waals surface area (Å²) in [5.74, 6) is -0.379. The van der Waals surface area contributed by atoms with E-state index in [1.807, 2.05) is 23.6 Å². The summed E-state index contributed by atoms with van der Waals surface area (Å²) in [4.78, 5) is 12.1. The Hall–Kier alpha value is -1.85. The molecule has 0 saturated heterocycles. The van der Waals surface area contributed by atoms with Gasteiger partial charge < -0.3 is 10.2 Å². The average Bonchev–Trinajstić information content (AvgIpc) is 2.94. The van der Waals surface area contributed by atoms with Crippen molar-refractivity contribution in [3.63, 3.8) is 0 Å². The van der Waals surface area contributed by atoms with E-state index in [1.54, 1.807) is 12.1 Å². The smallest absolute Gasteiger partial charge is 0.326 e. The monoisotopic (exact) mass is 305 g/mol. The Balaban J connectivity index is 2.14. The van der Waals surface area contributed by atoms with Crippen LogP contribution in [0, 0.1) is 0 Å². The van der Waals surface area contributed by atoms with Crippen molar-refractivity contribution in [1.29, 1.82) is 0 Å². The third-order valence-corrected chi connectivity index (χ3v) is 4.28. The Morgan fingerprint density at radius 3 is 2.67 bits per heavy atom. The number of phenols is 1. The number of rotatable bonds is 6. The predicted molar refractivity (Wildman–Crippen MR) is 83.7 cm³/mol. The molecule has 0 amide bonds. The molecule has 1 atom stereocenters. The fourth-order valence-electron chi connectivity index (χ4n) is 2.08. The quantitative estimate of drug-likeness (QED) is 0.764. The molecule has 0 radical (unpaired) electrons. The molecule has 0 bridgehead atoms. The van der Waals surface area contributed by atoms with Gasteiger partial charge in [-0.15, -0.1) is 11.3 Å². The first-order chi connectivity index (χ1) is 9.99. The molecule has 1 aromatic carbocycles. The van der Waals surface area contributed by atoms with E-state index in [-0.39, 0.29) is 5.75 Å². The van der Waals surface area contributed by atoms with Crippen LogP contribution in [0.3, 0.4) is 0 Å². The maximum Gasteiger partial charge on any atom is 0.326 e. The van der Waals surface area contributed by atoms with Crippen molar-refractivity contribution in [2.75, 3.05) is 0 Å². The molecular formula is C16H19NO3S. The van der Waals surface area contributed by atoms with E-state index in [9.17, 15) is 15.0 Å². The van der Waals surface area contributed by atoms with Crippen molar-refractivity contribution in [2.24, 2.45) is 0 Å². The van der Waals surface area contributed by atoms with Gasteiger partial charge in [0, 0.05) is 17.0 Å². The van der Waals surface area contributed by atoms with Crippen LogP contribution in [0.15, 0.2) is 35.7 Å². The molecule has 0 aliphatic heterocycles. The number of hydrogen-bond acceptors (Lipinski definition) is 4. The lowest BCUT2D eigenvalue weighted by Crippen LogP contribution is -2.27. The molecule has 21 heavy (non-hydrogen) atoms. The number of carboxylic acids is 1. The van der Waals surface area contributed by atoms with E-state index in [2.05, 4.69) is 19.2 Å². The summed E-state index contributed by atoms with van der Waals surface area (Å²) in [5.41, 5.74) is 1.83. The van der Waals surface area contributed by atoms with E-state index in [4.69, 9.17) is 0 Å². The standard InChI is InChI=1S/C16H19NO3S/c1-10(2)11-5-6-13(18)12(8-11)9-17-15(16(19)20)14-4-3-7-21-14/h3-8,10,15,17-18H,9H2,1-2H3,(H,19,20). The Kier molecular flexibility index (Phi) is 4.98. The largest absolute Gasteiger partial charge is 0.508 e. The Morgan fingerprint density at radius 2 is 2.10 bits per heavy atom. The Morgan fingerprint density at radius 1 is 1.33 bits per heavy atom. The van der Waals surface area contributed by atoms with E-state index in [0.717, 1.165) is 10.4 Å². The second kappa shape index (κ2) is 6.74. The lowest BCUT2D eigenvalue weighted by atomic mass is 10.00. The number of hydrogen-bond donors (Lipinski definition) is 3. The maximum absolute atomic E-state index is 11.4. The number of carboxylic acid groups (broad SMARTS) is 1. The van der Waals surface area contributed by atoms with Gasteiger partial charge in [-0.3, -0.25) is 10.1 Å². The van der Waals surface area contributed by atoms with Gasteiger partial charge in [0.15, 0.2) is 0 Å². The van der Waals surface area contributed by atoms with Gasteiger partial charge in [0.05, 0.1) is 0 Å². The molecule has 0 saturated carbocycles. The minimum Gasteiger partial charge on any atom is -0.508 e. The molecule has 4 nitrogen and oxygen atoms in total. The third kappa shape index (κ3) is 3.83. The van der Waals surface area contributed by atoms with E-state index in [1.165, 1.54) is 11.3 Å². The highest BCUT2D eigenvalue weighted by Gasteiger charge is 2.20. The molecule has 1 heterocycles. The first-order valence-electron chi connectivity index (χ1n) is 6.80. The third-order valence-electron chi connectivity index (χ3n) is 3.34. The molecule has 112 valence electrons. The van der Waals surface area contributed by atoms with Crippen LogP contribution in [0.4, 0.5) is 0 Å². The predicted octanol–water partition coefficient (Wildman–Crippen LogP) is 3.49. The van der Waals surface area contributed by atoms with Crippen molar-refractivity contribution in [3.05, 3.63) is 51.7 Å². The van der Waals surface area contributed by atoms with Crippen molar-refractivity contribution in [3.8, 4) is 5.75 Å². The van der Waals surface area contributed by atoms with Gasteiger partial charge in [-0.25, -0.2) is 0 Å². The fraction of sp³-hybridized carbons (Fsp3) is 0.312. The van der Waals surface area contributed by atoms with Gasteiger partial charge in [0.25, 0.3) is 0 Å². The summed E-state index contributed by atoms with van der Waals surface area (Å²) in [5, 5.41) is 24.1. The normalized spacial score (nSPS) is 12.5. The molecule has 5 heteroatoms. The molecule has 0 spiro atoms. The first kappa shape index (κ1) is 15.5. The van der Waals surface area contributed by atoms with Gasteiger partial charge in [-0.1, -0.05) is 32.0 Å². The Labute approximate surface area is 128 Å². The first-order valence-corrected chi connectivity index (χ1v) is 7.68. The minimum atomic E-state index is -0.919. The van der Waals surface area contributed by atoms with E-state index < -0.39 is 12.0 Å². The highest BCUT2D eigenvalue weighted by Crippen LogP contribution is 2.25. The van der Waals surface area contributed by atoms with Crippen LogP contribution in [-0.4, -0.2) is 16.2 Å². The number of aliphatic carboxylic acids is 1. The van der Waals surface area contributed by atoms with Gasteiger partial charge >= 0.3 is 5.97 Å². The van der Waals surface area contributed by atoms with Gasteiger partial charge in [-0.05, 0) is 29.0 Å². The summed E-state index contributed by atoms with van der Waals surface area (Å²) in [7, 11) is 0. The second-order valence-electron chi connectivity index (χ2n) is 5.21. The van der Waals surface area contributed by atoms with Crippen molar-refractivity contribution < 1.29 is 15.0 Å². The lowest BCUT2D eigenvalue weighted by Gasteiger charge is -2.15. The van der Waals surface area contributed by atoms with Crippen molar-refractivity contribution in [2.45, 2.75) is 32.4 Å². The minimum absolute atomic E-state index is 0.183. The highest BCUT2D eigenvalue weighted by atomic mass is 32.1. The van der Waals surface area contributed by atoms with Crippen LogP contribution in [-0.2, 0) is 11.3 Å². The van der Waals surface area contributed by atoms with Crippen molar-refractivity contribution in [1.82, 2.24) is 5.32 Å². The lowest BCUT2D eigenvalue weighted by molar-refractivity contribution is -0.139. The fourth-order valence-corrected chi connectivity index (χ4v) is 2.87. The second-order valence-corrected chi connectivity index (χ2v) is 6.19. The number of nitrogens with one attached hydrogen (secondary N) is 1. The van der Waals surface area contributed by atoms with E-state index in [0.29, 0.717) is 18.0 Å². The molecule has 0 fully saturated rings. The highest BCUT2D eigenvalue weighted by molar-refractivity contribution is 7.10. The molecular weight excluding hydrogens is 286 g/mol. The zero-order valence-corrected chi connectivity index (χ0v) is 12.9. The van der Waals surface area contributed by atoms with E-state index >= 15 is 0 Å². The van der Waals surface area contributed by atoms with Gasteiger partial charge in [-0.2, -0.15) is 0 Å². The number of benzene rings is 1. The van der Waals surface area contributed by atoms with Crippen LogP contribution in [0.5, 0.6) is 5.75 Å². The molecule has 2 rings (SSSR count). The van der Waals surface area contributed by atoms with Gasteiger partial charge in [0.1, 0.15) is 11.8 Å². The van der Waals surface area contributed by atoms with Gasteiger partial charge in [0.2, 0.25) is 0 Å². The Bertz CT molecular complexity index is 608. The van der Waals surface area contributed by atoms with Crippen LogP contribution in [0.1, 0.15) is 41.8 Å². The molecule has 1 aromatic heterocycles. The zero-order valence-electron chi connectivity index (χ0n) is 12.0. The molecule has 3 N–H and O–H groups in total. The van der Waals surface area contributed by atoms with Crippen molar-refractivity contribution >= 4 is 17.3 Å². The number of aromatic hydroxyl groups is 1. The average molecular weight is 305 g/mol. The van der Waals surface area contributed by atoms with Crippen LogP contribution < -0.4 is 5.32 Å². The summed E-state index contributed by atoms with van der Waals surface area (Å²) in [6, 6.07) is 8.33. The maximum atomic E-state index is 11.4. The summed E-state index contributed by atoms with van der Waals surface area (Å²) >= 11 is 1.40. The molecule has 0 aliphatic rings.